The van der Waals surface area contributed by atoms with Gasteiger partial charge in [-0.25, -0.2) is 0 Å². The largest absolute Gasteiger partial charge is 0.529 e. The van der Waals surface area contributed by atoms with Crippen molar-refractivity contribution in [1.29, 1.82) is 0 Å². The third-order valence-corrected chi connectivity index (χ3v) is 13.5. The van der Waals surface area contributed by atoms with E-state index in [1.54, 1.807) is 0 Å². The molecule has 0 unspecified atom stereocenters. The number of hydrogen-bond donors (Lipinski definition) is 0. The van der Waals surface area contributed by atoms with Crippen LogP contribution in [0.1, 0.15) is 62.3 Å². The highest BCUT2D eigenvalue weighted by molar-refractivity contribution is 6.79. The molecule has 0 rings (SSSR count). The van der Waals surface area contributed by atoms with Crippen molar-refractivity contribution in [2.75, 3.05) is 59.1 Å². The second-order valence-electron chi connectivity index (χ2n) is 6.44. The van der Waals surface area contributed by atoms with Gasteiger partial charge < -0.3 is 13.3 Å². The van der Waals surface area contributed by atoms with Crippen LogP contribution in [0, 0.1) is 0 Å². The lowest BCUT2D eigenvalue weighted by Crippen LogP contribution is -2.74. The minimum absolute atomic E-state index is 0.590. The Kier molecular flexibility index (Phi) is 14.8. The van der Waals surface area contributed by atoms with Crippen LogP contribution in [0.15, 0.2) is 11.4 Å². The van der Waals surface area contributed by atoms with Gasteiger partial charge >= 0.3 is 17.4 Å². The van der Waals surface area contributed by atoms with Gasteiger partial charge in [-0.3, -0.25) is 13.7 Å². The van der Waals surface area contributed by atoms with Gasteiger partial charge in [0.15, 0.2) is 0 Å². The van der Waals surface area contributed by atoms with Crippen LogP contribution in [0.25, 0.3) is 0 Å². The highest BCUT2D eigenvalue weighted by Crippen LogP contribution is 2.24. The zero-order chi connectivity index (χ0) is 21.6. The standard InChI is InChI=1S/C20H47N3O3Si2/c1-10-21(11-2)27(22(12-3)13-4,23(14-5)15-6)19-20-28(24-16-7,25-17-8)26-18-9/h19-20H,10-18H2,1-9H3. The zero-order valence-electron chi connectivity index (χ0n) is 20.1. The summed E-state index contributed by atoms with van der Waals surface area (Å²) < 4.78 is 26.3. The molecule has 0 saturated carbocycles. The molecule has 0 aromatic carbocycles. The topological polar surface area (TPSA) is 37.4 Å². The Morgan fingerprint density at radius 2 is 0.786 bits per heavy atom. The van der Waals surface area contributed by atoms with Crippen LogP contribution in [-0.2, 0) is 13.3 Å². The molecule has 6 nitrogen and oxygen atoms in total. The van der Waals surface area contributed by atoms with Crippen LogP contribution < -0.4 is 0 Å². The van der Waals surface area contributed by atoms with Gasteiger partial charge in [-0.05, 0) is 65.7 Å². The summed E-state index contributed by atoms with van der Waals surface area (Å²) >= 11 is 0. The second kappa shape index (κ2) is 14.8. The fraction of sp³-hybridized carbons (Fsp3) is 0.900. The Hall–Kier alpha value is -0.0662. The lowest BCUT2D eigenvalue weighted by molar-refractivity contribution is 0.0842. The van der Waals surface area contributed by atoms with E-state index in [4.69, 9.17) is 13.3 Å². The van der Waals surface area contributed by atoms with Gasteiger partial charge in [0.2, 0.25) is 0 Å². The molecule has 0 radical (unpaired) electrons. The van der Waals surface area contributed by atoms with Crippen LogP contribution in [0.5, 0.6) is 0 Å². The molecule has 0 fully saturated rings. The fourth-order valence-electron chi connectivity index (χ4n) is 4.07. The first kappa shape index (κ1) is 27.9. The molecule has 28 heavy (non-hydrogen) atoms. The van der Waals surface area contributed by atoms with Crippen LogP contribution in [-0.4, -0.2) is 90.1 Å². The molecular formula is C20H47N3O3Si2. The SMILES string of the molecule is CCO[Si](C=C[Si](N(CC)CC)(N(CC)CC)N(CC)CC)(OCC)OCC. The highest BCUT2D eigenvalue weighted by atomic mass is 28.4. The van der Waals surface area contributed by atoms with E-state index in [1.807, 2.05) is 20.8 Å². The number of rotatable bonds is 17. The van der Waals surface area contributed by atoms with E-state index in [0.717, 1.165) is 39.3 Å². The van der Waals surface area contributed by atoms with E-state index in [0.29, 0.717) is 19.8 Å². The lowest BCUT2D eigenvalue weighted by Gasteiger charge is -2.51. The molecule has 0 amide bonds. The van der Waals surface area contributed by atoms with Gasteiger partial charge in [-0.15, -0.1) is 0 Å². The third kappa shape index (κ3) is 6.73. The van der Waals surface area contributed by atoms with Crippen molar-refractivity contribution in [2.24, 2.45) is 0 Å². The summed E-state index contributed by atoms with van der Waals surface area (Å²) in [6, 6.07) is 0. The normalized spacial score (nSPS) is 13.6. The van der Waals surface area contributed by atoms with Crippen molar-refractivity contribution >= 4 is 17.4 Å². The van der Waals surface area contributed by atoms with Gasteiger partial charge in [0.1, 0.15) is 0 Å². The van der Waals surface area contributed by atoms with Gasteiger partial charge in [0, 0.05) is 19.8 Å². The van der Waals surface area contributed by atoms with Crippen molar-refractivity contribution in [3.05, 3.63) is 11.4 Å². The summed E-state index contributed by atoms with van der Waals surface area (Å²) in [6.45, 7) is 27.5. The molecular weight excluding hydrogens is 386 g/mol. The van der Waals surface area contributed by atoms with Crippen molar-refractivity contribution in [3.8, 4) is 0 Å². The monoisotopic (exact) mass is 433 g/mol. The molecule has 0 heterocycles. The molecule has 0 atom stereocenters. The molecule has 0 aromatic heterocycles. The van der Waals surface area contributed by atoms with Gasteiger partial charge in [-0.1, -0.05) is 47.2 Å². The van der Waals surface area contributed by atoms with Gasteiger partial charge in [0.25, 0.3) is 0 Å². The van der Waals surface area contributed by atoms with Crippen molar-refractivity contribution in [2.45, 2.75) is 62.3 Å². The van der Waals surface area contributed by atoms with Crippen molar-refractivity contribution in [3.63, 3.8) is 0 Å². The van der Waals surface area contributed by atoms with E-state index in [-0.39, 0.29) is 0 Å². The zero-order valence-corrected chi connectivity index (χ0v) is 22.1. The Morgan fingerprint density at radius 1 is 0.500 bits per heavy atom. The molecule has 0 N–H and O–H groups in total. The predicted molar refractivity (Wildman–Crippen MR) is 124 cm³/mol. The van der Waals surface area contributed by atoms with Crippen LogP contribution in [0.3, 0.4) is 0 Å². The summed E-state index contributed by atoms with van der Waals surface area (Å²) in [6.07, 6.45) is 0. The molecule has 0 aliphatic carbocycles. The molecule has 0 aliphatic heterocycles. The van der Waals surface area contributed by atoms with E-state index in [1.165, 1.54) is 0 Å². The Bertz CT molecular complexity index is 367. The summed E-state index contributed by atoms with van der Waals surface area (Å²) in [7, 11) is -5.11. The quantitative estimate of drug-likeness (QED) is 0.326. The molecule has 0 aliphatic rings. The van der Waals surface area contributed by atoms with E-state index < -0.39 is 17.4 Å². The summed E-state index contributed by atoms with van der Waals surface area (Å²) in [5, 5.41) is 0. The minimum Gasteiger partial charge on any atom is -0.371 e. The first-order valence-corrected chi connectivity index (χ1v) is 15.0. The minimum atomic E-state index is -2.85. The summed E-state index contributed by atoms with van der Waals surface area (Å²) in [4.78, 5) is 0. The summed E-state index contributed by atoms with van der Waals surface area (Å²) in [5.41, 5.74) is 4.62. The molecule has 0 aromatic rings. The third-order valence-electron chi connectivity index (χ3n) is 5.23. The Morgan fingerprint density at radius 3 is 1.00 bits per heavy atom. The first-order valence-electron chi connectivity index (χ1n) is 11.3. The Balaban J connectivity index is 6.56. The Labute approximate surface area is 177 Å². The molecule has 0 bridgehead atoms. The fourth-order valence-corrected chi connectivity index (χ4v) is 12.2. The predicted octanol–water partition coefficient (Wildman–Crippen LogP) is 3.63. The number of nitrogens with zero attached hydrogens (tertiary/aromatic N) is 3. The lowest BCUT2D eigenvalue weighted by atomic mass is 10.6. The molecule has 8 heteroatoms. The molecule has 0 spiro atoms. The van der Waals surface area contributed by atoms with Crippen molar-refractivity contribution < 1.29 is 13.3 Å². The average molecular weight is 434 g/mol. The van der Waals surface area contributed by atoms with Gasteiger partial charge in [-0.2, -0.15) is 0 Å². The van der Waals surface area contributed by atoms with E-state index in [2.05, 4.69) is 66.6 Å². The van der Waals surface area contributed by atoms with Gasteiger partial charge in [0.05, 0.1) is 0 Å². The highest BCUT2D eigenvalue weighted by Gasteiger charge is 2.48. The van der Waals surface area contributed by atoms with Crippen LogP contribution in [0.2, 0.25) is 0 Å². The smallest absolute Gasteiger partial charge is 0.371 e. The average Bonchev–Trinajstić information content (AvgIpc) is 2.69. The summed E-state index contributed by atoms with van der Waals surface area (Å²) in [5.74, 6) is 0. The first-order chi connectivity index (χ1) is 13.4. The maximum atomic E-state index is 6.12. The molecule has 0 saturated heterocycles. The van der Waals surface area contributed by atoms with E-state index in [9.17, 15) is 0 Å². The maximum absolute atomic E-state index is 6.12. The van der Waals surface area contributed by atoms with Crippen LogP contribution >= 0.6 is 0 Å². The maximum Gasteiger partial charge on any atom is 0.529 e. The van der Waals surface area contributed by atoms with E-state index >= 15 is 0 Å². The van der Waals surface area contributed by atoms with Crippen molar-refractivity contribution in [1.82, 2.24) is 13.7 Å². The number of hydrogen-bond acceptors (Lipinski definition) is 6. The van der Waals surface area contributed by atoms with Crippen LogP contribution in [0.4, 0.5) is 0 Å². The molecule has 168 valence electrons. The second-order valence-corrected chi connectivity index (χ2v) is 12.5.